The zero-order valence-corrected chi connectivity index (χ0v) is 16.3. The number of hydrogen-bond acceptors (Lipinski definition) is 6. The Bertz CT molecular complexity index is 1120. The fourth-order valence-corrected chi connectivity index (χ4v) is 4.39. The maximum Gasteiger partial charge on any atom is 0.407 e. The van der Waals surface area contributed by atoms with Crippen molar-refractivity contribution >= 4 is 17.7 Å². The third-order valence-electron chi connectivity index (χ3n) is 5.59. The molecule has 3 aliphatic rings. The minimum absolute atomic E-state index is 0.278. The quantitative estimate of drug-likeness (QED) is 0.453. The predicted molar refractivity (Wildman–Crippen MR) is 109 cm³/mol. The molecule has 1 amide bonds. The monoisotopic (exact) mass is 404 g/mol. The Kier molecular flexibility index (Phi) is 4.06. The summed E-state index contributed by atoms with van der Waals surface area (Å²) >= 11 is 0. The van der Waals surface area contributed by atoms with Crippen molar-refractivity contribution in [3.8, 4) is 5.75 Å². The molecule has 0 saturated carbocycles. The lowest BCUT2D eigenvalue weighted by Crippen LogP contribution is -2.44. The van der Waals surface area contributed by atoms with Crippen molar-refractivity contribution in [3.05, 3.63) is 83.1 Å². The van der Waals surface area contributed by atoms with Gasteiger partial charge in [0, 0.05) is 22.9 Å². The molecule has 2 aromatic rings. The van der Waals surface area contributed by atoms with E-state index in [-0.39, 0.29) is 18.5 Å². The summed E-state index contributed by atoms with van der Waals surface area (Å²) < 4.78 is 17.2. The Labute approximate surface area is 173 Å². The van der Waals surface area contributed by atoms with Gasteiger partial charge in [-0.25, -0.2) is 9.59 Å². The molecule has 3 N–H and O–H groups in total. The second-order valence-electron chi connectivity index (χ2n) is 7.35. The van der Waals surface area contributed by atoms with E-state index in [2.05, 4.69) is 5.32 Å². The maximum atomic E-state index is 12.8. The largest absolute Gasteiger partial charge is 0.461 e. The molecule has 3 unspecified atom stereocenters. The lowest BCUT2D eigenvalue weighted by atomic mass is 9.71. The van der Waals surface area contributed by atoms with Crippen LogP contribution in [0.25, 0.3) is 0 Å². The standard InChI is InChI=1S/C23H20N2O5/c1-2-28-22(27)25-14-8-10-18-20(12-14)29-19-11-13(24)7-9-17(19)23(18)16-6-4-3-5-15(16)21(26)30-23/h3-12,14,18H,2,24H2,1H3,(H,25,27). The molecule has 0 radical (unpaired) electrons. The highest BCUT2D eigenvalue weighted by molar-refractivity contribution is 5.96. The summed E-state index contributed by atoms with van der Waals surface area (Å²) in [4.78, 5) is 24.6. The van der Waals surface area contributed by atoms with Crippen molar-refractivity contribution in [3.63, 3.8) is 0 Å². The van der Waals surface area contributed by atoms with Crippen molar-refractivity contribution in [1.82, 2.24) is 5.32 Å². The van der Waals surface area contributed by atoms with Crippen LogP contribution < -0.4 is 15.8 Å². The highest BCUT2D eigenvalue weighted by atomic mass is 16.6. The lowest BCUT2D eigenvalue weighted by Gasteiger charge is -2.43. The average Bonchev–Trinajstić information content (AvgIpc) is 3.01. The molecule has 30 heavy (non-hydrogen) atoms. The first kappa shape index (κ1) is 18.3. The second kappa shape index (κ2) is 6.66. The van der Waals surface area contributed by atoms with Crippen LogP contribution in [0, 0.1) is 5.92 Å². The number of amides is 1. The van der Waals surface area contributed by atoms with E-state index in [9.17, 15) is 9.59 Å². The Balaban J connectivity index is 1.65. The normalized spacial score (nSPS) is 25.4. The summed E-state index contributed by atoms with van der Waals surface area (Å²) in [5.74, 6) is 0.324. The van der Waals surface area contributed by atoms with Crippen LogP contribution in [0.1, 0.15) is 28.4 Å². The van der Waals surface area contributed by atoms with Crippen molar-refractivity contribution in [1.29, 1.82) is 0 Å². The fourth-order valence-electron chi connectivity index (χ4n) is 4.39. The van der Waals surface area contributed by atoms with Gasteiger partial charge in [-0.1, -0.05) is 30.4 Å². The van der Waals surface area contributed by atoms with Crippen molar-refractivity contribution in [2.24, 2.45) is 5.92 Å². The zero-order valence-electron chi connectivity index (χ0n) is 16.3. The van der Waals surface area contributed by atoms with Crippen LogP contribution >= 0.6 is 0 Å². The van der Waals surface area contributed by atoms with Crippen LogP contribution in [0.5, 0.6) is 5.75 Å². The Hall–Kier alpha value is -3.74. The van der Waals surface area contributed by atoms with E-state index in [0.717, 1.165) is 11.1 Å². The predicted octanol–water partition coefficient (Wildman–Crippen LogP) is 3.26. The minimum Gasteiger partial charge on any atom is -0.461 e. The van der Waals surface area contributed by atoms with Gasteiger partial charge in [0.1, 0.15) is 11.5 Å². The molecule has 2 aromatic carbocycles. The van der Waals surface area contributed by atoms with Gasteiger partial charge >= 0.3 is 12.1 Å². The van der Waals surface area contributed by atoms with Crippen LogP contribution in [0.4, 0.5) is 10.5 Å². The molecule has 7 nitrogen and oxygen atoms in total. The third-order valence-corrected chi connectivity index (χ3v) is 5.59. The average molecular weight is 404 g/mol. The van der Waals surface area contributed by atoms with E-state index in [1.165, 1.54) is 0 Å². The Morgan fingerprint density at radius 1 is 1.20 bits per heavy atom. The molecule has 2 aliphatic heterocycles. The van der Waals surface area contributed by atoms with Gasteiger partial charge in [0.15, 0.2) is 5.60 Å². The van der Waals surface area contributed by atoms with E-state index in [1.54, 1.807) is 31.2 Å². The van der Waals surface area contributed by atoms with Gasteiger partial charge in [0.25, 0.3) is 0 Å². The highest BCUT2D eigenvalue weighted by Gasteiger charge is 2.57. The number of carbonyl (C=O) groups excluding carboxylic acids is 2. The highest BCUT2D eigenvalue weighted by Crippen LogP contribution is 2.56. The smallest absolute Gasteiger partial charge is 0.407 e. The number of fused-ring (bicyclic) bond motifs is 6. The van der Waals surface area contributed by atoms with Gasteiger partial charge in [0.05, 0.1) is 24.1 Å². The number of anilines is 1. The molecular weight excluding hydrogens is 384 g/mol. The lowest BCUT2D eigenvalue weighted by molar-refractivity contribution is -0.0148. The molecule has 3 atom stereocenters. The van der Waals surface area contributed by atoms with E-state index >= 15 is 0 Å². The number of esters is 1. The number of carbonyl (C=O) groups is 2. The number of nitrogen functional groups attached to an aromatic ring is 1. The van der Waals surface area contributed by atoms with Crippen molar-refractivity contribution in [2.75, 3.05) is 12.3 Å². The summed E-state index contributed by atoms with van der Waals surface area (Å²) in [7, 11) is 0. The van der Waals surface area contributed by atoms with Crippen LogP contribution in [-0.2, 0) is 15.1 Å². The summed E-state index contributed by atoms with van der Waals surface area (Å²) in [6, 6.07) is 12.3. The van der Waals surface area contributed by atoms with Crippen molar-refractivity contribution in [2.45, 2.75) is 18.6 Å². The van der Waals surface area contributed by atoms with E-state index in [0.29, 0.717) is 22.8 Å². The molecule has 152 valence electrons. The Morgan fingerprint density at radius 2 is 2.03 bits per heavy atom. The van der Waals surface area contributed by atoms with E-state index in [1.807, 2.05) is 36.4 Å². The van der Waals surface area contributed by atoms with Crippen molar-refractivity contribution < 1.29 is 23.8 Å². The summed E-state index contributed by atoms with van der Waals surface area (Å²) in [5.41, 5.74) is 7.51. The molecule has 0 fully saturated rings. The molecule has 7 heteroatoms. The molecule has 0 saturated heterocycles. The molecular formula is C23H20N2O5. The van der Waals surface area contributed by atoms with E-state index in [4.69, 9.17) is 19.9 Å². The molecule has 0 aromatic heterocycles. The van der Waals surface area contributed by atoms with Crippen LogP contribution in [0.3, 0.4) is 0 Å². The SMILES string of the molecule is CCOC(=O)NC1C=CC2C(=C1)Oc1cc(N)ccc1C21OC(=O)c2ccccc21. The van der Waals surface area contributed by atoms with Gasteiger partial charge < -0.3 is 25.3 Å². The van der Waals surface area contributed by atoms with Crippen LogP contribution in [0.15, 0.2) is 66.5 Å². The van der Waals surface area contributed by atoms with Gasteiger partial charge in [0.2, 0.25) is 0 Å². The second-order valence-corrected chi connectivity index (χ2v) is 7.35. The van der Waals surface area contributed by atoms with Crippen LogP contribution in [-0.4, -0.2) is 24.7 Å². The first-order chi connectivity index (χ1) is 14.5. The van der Waals surface area contributed by atoms with Gasteiger partial charge in [-0.3, -0.25) is 0 Å². The number of rotatable bonds is 2. The zero-order chi connectivity index (χ0) is 20.9. The summed E-state index contributed by atoms with van der Waals surface area (Å²) in [5, 5.41) is 2.76. The molecule has 0 bridgehead atoms. The van der Waals surface area contributed by atoms with Gasteiger partial charge in [-0.05, 0) is 31.2 Å². The van der Waals surface area contributed by atoms with Gasteiger partial charge in [-0.15, -0.1) is 0 Å². The third kappa shape index (κ3) is 2.58. The number of hydrogen-bond donors (Lipinski definition) is 2. The fraction of sp³-hybridized carbons (Fsp3) is 0.217. The van der Waals surface area contributed by atoms with Gasteiger partial charge in [-0.2, -0.15) is 0 Å². The first-order valence-corrected chi connectivity index (χ1v) is 9.77. The number of benzene rings is 2. The number of ether oxygens (including phenoxy) is 3. The number of nitrogens with one attached hydrogen (secondary N) is 1. The Morgan fingerprint density at radius 3 is 2.87 bits per heavy atom. The maximum absolute atomic E-state index is 12.8. The first-order valence-electron chi connectivity index (χ1n) is 9.77. The molecule has 2 heterocycles. The minimum atomic E-state index is -1.06. The molecule has 1 aliphatic carbocycles. The molecule has 5 rings (SSSR count). The number of alkyl carbamates (subject to hydrolysis) is 1. The topological polar surface area (TPSA) is 99.9 Å². The summed E-state index contributed by atoms with van der Waals surface area (Å²) in [6.07, 6.45) is 5.02. The van der Waals surface area contributed by atoms with E-state index < -0.39 is 17.7 Å². The number of nitrogens with two attached hydrogens (primary N) is 1. The van der Waals surface area contributed by atoms with Crippen LogP contribution in [0.2, 0.25) is 0 Å². The molecule has 1 spiro atoms. The summed E-state index contributed by atoms with van der Waals surface area (Å²) in [6.45, 7) is 2.02.